The molecule has 0 amide bonds. The molecule has 3 rings (SSSR count). The van der Waals surface area contributed by atoms with Gasteiger partial charge in [0.25, 0.3) is 0 Å². The Morgan fingerprint density at radius 3 is 2.38 bits per heavy atom. The first kappa shape index (κ1) is 14.6. The maximum atomic E-state index is 12.2. The van der Waals surface area contributed by atoms with E-state index in [0.717, 1.165) is 11.6 Å². The van der Waals surface area contributed by atoms with Crippen LogP contribution in [0.3, 0.4) is 0 Å². The Morgan fingerprint density at radius 1 is 1.19 bits per heavy atom. The molecule has 0 aromatic heterocycles. The summed E-state index contributed by atoms with van der Waals surface area (Å²) in [7, 11) is 0. The van der Waals surface area contributed by atoms with Gasteiger partial charge in [-0.25, -0.2) is 0 Å². The van der Waals surface area contributed by atoms with E-state index < -0.39 is 6.61 Å². The zero-order valence-corrected chi connectivity index (χ0v) is 12.8. The van der Waals surface area contributed by atoms with Crippen LogP contribution in [0.15, 0.2) is 24.3 Å². The van der Waals surface area contributed by atoms with Gasteiger partial charge in [-0.2, -0.15) is 8.78 Å². The van der Waals surface area contributed by atoms with Crippen molar-refractivity contribution >= 4 is 5.69 Å². The molecule has 3 unspecified atom stereocenters. The van der Waals surface area contributed by atoms with E-state index in [-0.39, 0.29) is 11.2 Å². The van der Waals surface area contributed by atoms with Crippen LogP contribution in [0.1, 0.15) is 40.0 Å². The third-order valence-electron chi connectivity index (χ3n) is 5.66. The minimum atomic E-state index is -2.77. The summed E-state index contributed by atoms with van der Waals surface area (Å²) in [6.45, 7) is 4.28. The Hall–Kier alpha value is -1.32. The van der Waals surface area contributed by atoms with Gasteiger partial charge in [0.15, 0.2) is 0 Å². The molecule has 1 N–H and O–H groups in total. The van der Waals surface area contributed by atoms with Crippen molar-refractivity contribution < 1.29 is 13.5 Å². The Kier molecular flexibility index (Phi) is 3.38. The molecule has 0 saturated heterocycles. The van der Waals surface area contributed by atoms with Crippen molar-refractivity contribution in [2.75, 3.05) is 5.32 Å². The van der Waals surface area contributed by atoms with Gasteiger partial charge in [0.1, 0.15) is 5.75 Å². The second kappa shape index (κ2) is 4.85. The Bertz CT molecular complexity index is 509. The standard InChI is InChI=1S/C17H23F2NO/c1-16(2)11-8-9-17(3,10-11)14(16)20-12-4-6-13(7-5-12)21-15(18)19/h4-7,11,14-15,20H,8-10H2,1-3H3. The van der Waals surface area contributed by atoms with Gasteiger partial charge in [-0.15, -0.1) is 0 Å². The number of ether oxygens (including phenoxy) is 1. The summed E-state index contributed by atoms with van der Waals surface area (Å²) in [5.41, 5.74) is 1.58. The van der Waals surface area contributed by atoms with Crippen LogP contribution >= 0.6 is 0 Å². The largest absolute Gasteiger partial charge is 0.435 e. The van der Waals surface area contributed by atoms with Gasteiger partial charge in [0.2, 0.25) is 0 Å². The number of benzene rings is 1. The number of hydrogen-bond acceptors (Lipinski definition) is 2. The highest BCUT2D eigenvalue weighted by Crippen LogP contribution is 2.63. The monoisotopic (exact) mass is 295 g/mol. The topological polar surface area (TPSA) is 21.3 Å². The fourth-order valence-corrected chi connectivity index (χ4v) is 4.56. The van der Waals surface area contributed by atoms with Gasteiger partial charge in [0, 0.05) is 11.7 Å². The summed E-state index contributed by atoms with van der Waals surface area (Å²) in [4.78, 5) is 0. The lowest BCUT2D eigenvalue weighted by molar-refractivity contribution is -0.0498. The first-order valence-corrected chi connectivity index (χ1v) is 7.63. The minimum absolute atomic E-state index is 0.203. The van der Waals surface area contributed by atoms with Gasteiger partial charge in [0.05, 0.1) is 0 Å². The average molecular weight is 295 g/mol. The van der Waals surface area contributed by atoms with Crippen LogP contribution in [0, 0.1) is 16.7 Å². The van der Waals surface area contributed by atoms with Crippen LogP contribution in [0.25, 0.3) is 0 Å². The molecule has 1 aromatic rings. The zero-order valence-electron chi connectivity index (χ0n) is 12.8. The van der Waals surface area contributed by atoms with E-state index in [1.54, 1.807) is 12.1 Å². The normalized spacial score (nSPS) is 33.4. The molecule has 2 saturated carbocycles. The van der Waals surface area contributed by atoms with Crippen LogP contribution in [-0.4, -0.2) is 12.7 Å². The molecule has 0 radical (unpaired) electrons. The van der Waals surface area contributed by atoms with Gasteiger partial charge < -0.3 is 10.1 Å². The van der Waals surface area contributed by atoms with Crippen molar-refractivity contribution in [2.45, 2.75) is 52.7 Å². The molecule has 4 heteroatoms. The van der Waals surface area contributed by atoms with E-state index in [1.807, 2.05) is 12.1 Å². The van der Waals surface area contributed by atoms with Crippen LogP contribution < -0.4 is 10.1 Å². The molecule has 2 nitrogen and oxygen atoms in total. The predicted molar refractivity (Wildman–Crippen MR) is 79.7 cm³/mol. The van der Waals surface area contributed by atoms with Gasteiger partial charge in [-0.05, 0) is 60.3 Å². The quantitative estimate of drug-likeness (QED) is 0.851. The molecule has 2 aliphatic rings. The molecule has 3 atom stereocenters. The number of rotatable bonds is 4. The number of alkyl halides is 2. The highest BCUT2D eigenvalue weighted by Gasteiger charge is 2.59. The second-order valence-corrected chi connectivity index (χ2v) is 7.40. The maximum absolute atomic E-state index is 12.2. The van der Waals surface area contributed by atoms with Crippen LogP contribution in [0.5, 0.6) is 5.75 Å². The van der Waals surface area contributed by atoms with Crippen molar-refractivity contribution in [1.29, 1.82) is 0 Å². The third-order valence-corrected chi connectivity index (χ3v) is 5.66. The Balaban J connectivity index is 1.74. The molecule has 0 spiro atoms. The van der Waals surface area contributed by atoms with Gasteiger partial charge in [-0.3, -0.25) is 0 Å². The van der Waals surface area contributed by atoms with E-state index in [1.165, 1.54) is 19.3 Å². The van der Waals surface area contributed by atoms with Gasteiger partial charge >= 0.3 is 6.61 Å². The summed E-state index contributed by atoms with van der Waals surface area (Å²) >= 11 is 0. The van der Waals surface area contributed by atoms with Crippen molar-refractivity contribution in [3.8, 4) is 5.75 Å². The summed E-state index contributed by atoms with van der Waals surface area (Å²) in [5, 5.41) is 3.64. The molecule has 116 valence electrons. The number of fused-ring (bicyclic) bond motifs is 2. The molecule has 0 heterocycles. The van der Waals surface area contributed by atoms with E-state index in [0.29, 0.717) is 11.5 Å². The van der Waals surface area contributed by atoms with Crippen molar-refractivity contribution in [3.05, 3.63) is 24.3 Å². The summed E-state index contributed by atoms with van der Waals surface area (Å²) < 4.78 is 28.7. The van der Waals surface area contributed by atoms with Crippen molar-refractivity contribution in [3.63, 3.8) is 0 Å². The molecule has 1 aromatic carbocycles. The highest BCUT2D eigenvalue weighted by atomic mass is 19.3. The zero-order chi connectivity index (χ0) is 15.3. The van der Waals surface area contributed by atoms with E-state index in [2.05, 4.69) is 30.8 Å². The van der Waals surface area contributed by atoms with Crippen LogP contribution in [-0.2, 0) is 0 Å². The molecule has 21 heavy (non-hydrogen) atoms. The van der Waals surface area contributed by atoms with E-state index >= 15 is 0 Å². The molecular formula is C17H23F2NO. The summed E-state index contributed by atoms with van der Waals surface area (Å²) in [5.74, 6) is 0.982. The number of anilines is 1. The molecule has 2 fully saturated rings. The average Bonchev–Trinajstić information content (AvgIpc) is 2.87. The lowest BCUT2D eigenvalue weighted by Crippen LogP contribution is -2.45. The Labute approximate surface area is 124 Å². The van der Waals surface area contributed by atoms with Crippen LogP contribution in [0.4, 0.5) is 14.5 Å². The SMILES string of the molecule is CC12CCC(C1)C(C)(C)C2Nc1ccc(OC(F)F)cc1. The van der Waals surface area contributed by atoms with Crippen molar-refractivity contribution in [2.24, 2.45) is 16.7 Å². The second-order valence-electron chi connectivity index (χ2n) is 7.40. The molecule has 2 bridgehead atoms. The number of nitrogens with one attached hydrogen (secondary N) is 1. The van der Waals surface area contributed by atoms with Crippen molar-refractivity contribution in [1.82, 2.24) is 0 Å². The summed E-state index contributed by atoms with van der Waals surface area (Å²) in [6, 6.07) is 7.26. The number of hydrogen-bond donors (Lipinski definition) is 1. The lowest BCUT2D eigenvalue weighted by atomic mass is 9.68. The Morgan fingerprint density at radius 2 is 1.86 bits per heavy atom. The first-order chi connectivity index (χ1) is 9.81. The fraction of sp³-hybridized carbons (Fsp3) is 0.647. The third kappa shape index (κ3) is 2.49. The van der Waals surface area contributed by atoms with E-state index in [9.17, 15) is 8.78 Å². The predicted octanol–water partition coefficient (Wildman–Crippen LogP) is 4.91. The smallest absolute Gasteiger partial charge is 0.387 e. The lowest BCUT2D eigenvalue weighted by Gasteiger charge is -2.43. The summed E-state index contributed by atoms with van der Waals surface area (Å²) in [6.07, 6.45) is 3.87. The highest BCUT2D eigenvalue weighted by molar-refractivity contribution is 5.48. The van der Waals surface area contributed by atoms with Crippen LogP contribution in [0.2, 0.25) is 0 Å². The fourth-order valence-electron chi connectivity index (χ4n) is 4.56. The minimum Gasteiger partial charge on any atom is -0.435 e. The first-order valence-electron chi connectivity index (χ1n) is 7.63. The van der Waals surface area contributed by atoms with E-state index in [4.69, 9.17) is 0 Å². The molecule has 2 aliphatic carbocycles. The number of halogens is 2. The van der Waals surface area contributed by atoms with Gasteiger partial charge in [-0.1, -0.05) is 20.8 Å². The molecule has 0 aliphatic heterocycles. The maximum Gasteiger partial charge on any atom is 0.387 e. The molecular weight excluding hydrogens is 272 g/mol.